The van der Waals surface area contributed by atoms with Crippen molar-refractivity contribution < 1.29 is 14.7 Å². The summed E-state index contributed by atoms with van der Waals surface area (Å²) in [4.78, 5) is 28.0. The predicted octanol–water partition coefficient (Wildman–Crippen LogP) is 2.51. The third-order valence-electron chi connectivity index (χ3n) is 6.44. The van der Waals surface area contributed by atoms with Gasteiger partial charge in [-0.3, -0.25) is 9.69 Å². The van der Waals surface area contributed by atoms with Crippen LogP contribution in [0.25, 0.3) is 0 Å². The van der Waals surface area contributed by atoms with Crippen molar-refractivity contribution in [1.29, 1.82) is 0 Å². The molecule has 2 heterocycles. The maximum atomic E-state index is 12.8. The summed E-state index contributed by atoms with van der Waals surface area (Å²) in [6.45, 7) is 4.58. The molecule has 1 aromatic carbocycles. The van der Waals surface area contributed by atoms with E-state index in [2.05, 4.69) is 11.4 Å². The molecule has 1 atom stereocenters. The van der Waals surface area contributed by atoms with Crippen LogP contribution in [0.3, 0.4) is 0 Å². The highest BCUT2D eigenvalue weighted by Gasteiger charge is 2.31. The molecule has 2 saturated heterocycles. The average molecular weight is 371 g/mol. The minimum atomic E-state index is -0.705. The van der Waals surface area contributed by atoms with Gasteiger partial charge in [-0.15, -0.1) is 0 Å². The third kappa shape index (κ3) is 3.95. The van der Waals surface area contributed by atoms with E-state index >= 15 is 0 Å². The number of anilines is 1. The molecule has 27 heavy (non-hydrogen) atoms. The number of carboxylic acid groups (broad SMARTS) is 1. The fourth-order valence-corrected chi connectivity index (χ4v) is 4.66. The first kappa shape index (κ1) is 18.3. The number of nitrogens with zero attached hydrogens (tertiary/aromatic N) is 2. The van der Waals surface area contributed by atoms with Crippen LogP contribution in [0, 0.1) is 11.8 Å². The summed E-state index contributed by atoms with van der Waals surface area (Å²) in [6, 6.07) is 6.21. The Morgan fingerprint density at radius 2 is 1.96 bits per heavy atom. The number of aryl methyl sites for hydroxylation is 1. The van der Waals surface area contributed by atoms with Gasteiger partial charge in [-0.2, -0.15) is 0 Å². The number of amides is 2. The Labute approximate surface area is 160 Å². The van der Waals surface area contributed by atoms with Gasteiger partial charge in [0.2, 0.25) is 0 Å². The number of piperidine rings is 1. The molecule has 2 fully saturated rings. The normalized spacial score (nSPS) is 23.6. The molecule has 0 saturated carbocycles. The Kier molecular flexibility index (Phi) is 5.34. The molecule has 2 aliphatic heterocycles. The molecule has 2 amide bonds. The van der Waals surface area contributed by atoms with Gasteiger partial charge in [-0.05, 0) is 80.8 Å². The Bertz CT molecular complexity index is 715. The van der Waals surface area contributed by atoms with Crippen molar-refractivity contribution >= 4 is 17.7 Å². The van der Waals surface area contributed by atoms with Gasteiger partial charge in [-0.1, -0.05) is 6.07 Å². The van der Waals surface area contributed by atoms with E-state index in [0.717, 1.165) is 62.7 Å². The Hall–Kier alpha value is -2.08. The molecule has 1 aliphatic carbocycles. The summed E-state index contributed by atoms with van der Waals surface area (Å²) in [7, 11) is 0. The molecule has 6 heteroatoms. The zero-order valence-corrected chi connectivity index (χ0v) is 15.8. The van der Waals surface area contributed by atoms with Crippen molar-refractivity contribution in [2.45, 2.75) is 38.5 Å². The first-order chi connectivity index (χ1) is 13.1. The van der Waals surface area contributed by atoms with Crippen molar-refractivity contribution in [3.8, 4) is 0 Å². The van der Waals surface area contributed by atoms with Crippen LogP contribution in [0.15, 0.2) is 18.2 Å². The van der Waals surface area contributed by atoms with E-state index in [4.69, 9.17) is 0 Å². The van der Waals surface area contributed by atoms with E-state index in [1.165, 1.54) is 18.4 Å². The number of aliphatic carboxylic acids is 1. The van der Waals surface area contributed by atoms with E-state index in [-0.39, 0.29) is 11.9 Å². The molecule has 146 valence electrons. The Balaban J connectivity index is 1.38. The Morgan fingerprint density at radius 3 is 2.74 bits per heavy atom. The van der Waals surface area contributed by atoms with Gasteiger partial charge in [0.05, 0.1) is 5.92 Å². The molecule has 4 rings (SSSR count). The zero-order chi connectivity index (χ0) is 18.8. The molecular formula is C21H29N3O3. The van der Waals surface area contributed by atoms with Crippen LogP contribution < -0.4 is 10.2 Å². The van der Waals surface area contributed by atoms with E-state index in [9.17, 15) is 14.7 Å². The largest absolute Gasteiger partial charge is 0.481 e. The summed E-state index contributed by atoms with van der Waals surface area (Å²) in [5.41, 5.74) is 3.27. The van der Waals surface area contributed by atoms with Crippen molar-refractivity contribution in [3.05, 3.63) is 29.3 Å². The van der Waals surface area contributed by atoms with Gasteiger partial charge in [0.25, 0.3) is 0 Å². The first-order valence-electron chi connectivity index (χ1n) is 10.2. The number of hydrogen-bond acceptors (Lipinski definition) is 3. The van der Waals surface area contributed by atoms with Crippen molar-refractivity contribution in [1.82, 2.24) is 10.2 Å². The van der Waals surface area contributed by atoms with Crippen LogP contribution >= 0.6 is 0 Å². The number of carboxylic acids is 1. The van der Waals surface area contributed by atoms with Crippen molar-refractivity contribution in [2.75, 3.05) is 37.6 Å². The molecule has 6 nitrogen and oxygen atoms in total. The van der Waals surface area contributed by atoms with Gasteiger partial charge < -0.3 is 15.3 Å². The first-order valence-corrected chi connectivity index (χ1v) is 10.2. The lowest BCUT2D eigenvalue weighted by atomic mass is 9.84. The molecule has 0 spiro atoms. The minimum absolute atomic E-state index is 0.114. The molecule has 2 N–H and O–H groups in total. The zero-order valence-electron chi connectivity index (χ0n) is 15.8. The number of urea groups is 1. The monoisotopic (exact) mass is 371 g/mol. The van der Waals surface area contributed by atoms with Crippen LogP contribution in [0.5, 0.6) is 0 Å². The number of nitrogens with one attached hydrogen (secondary N) is 1. The topological polar surface area (TPSA) is 72.9 Å². The minimum Gasteiger partial charge on any atom is -0.481 e. The quantitative estimate of drug-likeness (QED) is 0.834. The lowest BCUT2D eigenvalue weighted by molar-refractivity contribution is -0.142. The molecule has 0 radical (unpaired) electrons. The van der Waals surface area contributed by atoms with Gasteiger partial charge >= 0.3 is 12.0 Å². The van der Waals surface area contributed by atoms with E-state index in [1.807, 2.05) is 21.9 Å². The van der Waals surface area contributed by atoms with Crippen LogP contribution in [-0.4, -0.2) is 54.7 Å². The molecular weight excluding hydrogens is 342 g/mol. The van der Waals surface area contributed by atoms with Crippen LogP contribution in [0.4, 0.5) is 10.5 Å². The third-order valence-corrected chi connectivity index (χ3v) is 6.44. The lowest BCUT2D eigenvalue weighted by Crippen LogP contribution is -2.35. The summed E-state index contributed by atoms with van der Waals surface area (Å²) in [5.74, 6) is -0.245. The molecule has 0 bridgehead atoms. The van der Waals surface area contributed by atoms with Gasteiger partial charge in [0.15, 0.2) is 0 Å². The van der Waals surface area contributed by atoms with Gasteiger partial charge in [-0.25, -0.2) is 4.79 Å². The number of fused-ring (bicyclic) bond motifs is 1. The highest BCUT2D eigenvalue weighted by atomic mass is 16.4. The van der Waals surface area contributed by atoms with E-state index in [0.29, 0.717) is 12.8 Å². The Morgan fingerprint density at radius 1 is 1.15 bits per heavy atom. The van der Waals surface area contributed by atoms with Crippen LogP contribution in [0.2, 0.25) is 0 Å². The number of benzene rings is 1. The standard InChI is InChI=1S/C21H29N3O3/c25-20(26)18-2-1-17-14-19(4-3-16(17)13-18)24-12-11-23(21(24)27)10-7-15-5-8-22-9-6-15/h3-4,14-15,18,22H,1-2,5-13H2,(H,25,26). The fraction of sp³-hybridized carbons (Fsp3) is 0.619. The summed E-state index contributed by atoms with van der Waals surface area (Å²) < 4.78 is 0. The summed E-state index contributed by atoms with van der Waals surface area (Å²) >= 11 is 0. The highest BCUT2D eigenvalue weighted by molar-refractivity contribution is 5.94. The maximum absolute atomic E-state index is 12.8. The van der Waals surface area contributed by atoms with Gasteiger partial charge in [0, 0.05) is 25.3 Å². The highest BCUT2D eigenvalue weighted by Crippen LogP contribution is 2.31. The number of hydrogen-bond donors (Lipinski definition) is 2. The number of carbonyl (C=O) groups is 2. The number of rotatable bonds is 5. The second-order valence-corrected chi connectivity index (χ2v) is 8.13. The van der Waals surface area contributed by atoms with Crippen molar-refractivity contribution in [3.63, 3.8) is 0 Å². The lowest BCUT2D eigenvalue weighted by Gasteiger charge is -2.26. The van der Waals surface area contributed by atoms with Gasteiger partial charge in [0.1, 0.15) is 0 Å². The van der Waals surface area contributed by atoms with Crippen LogP contribution in [-0.2, 0) is 17.6 Å². The molecule has 1 aromatic rings. The summed E-state index contributed by atoms with van der Waals surface area (Å²) in [5, 5.41) is 12.6. The smallest absolute Gasteiger partial charge is 0.324 e. The second kappa shape index (κ2) is 7.89. The number of carbonyl (C=O) groups excluding carboxylic acids is 1. The van der Waals surface area contributed by atoms with E-state index < -0.39 is 5.97 Å². The SMILES string of the molecule is O=C(O)C1CCc2cc(N3CCN(CCC4CCNCC4)C3=O)ccc2C1. The molecule has 3 aliphatic rings. The second-order valence-electron chi connectivity index (χ2n) is 8.13. The molecule has 0 aromatic heterocycles. The van der Waals surface area contributed by atoms with Crippen molar-refractivity contribution in [2.24, 2.45) is 11.8 Å². The molecule has 1 unspecified atom stereocenters. The average Bonchev–Trinajstić information content (AvgIpc) is 3.06. The van der Waals surface area contributed by atoms with Crippen LogP contribution in [0.1, 0.15) is 36.8 Å². The van der Waals surface area contributed by atoms with E-state index in [1.54, 1.807) is 0 Å². The fourth-order valence-electron chi connectivity index (χ4n) is 4.66. The summed E-state index contributed by atoms with van der Waals surface area (Å²) in [6.07, 6.45) is 5.59. The maximum Gasteiger partial charge on any atom is 0.324 e. The predicted molar refractivity (Wildman–Crippen MR) is 104 cm³/mol.